The van der Waals surface area contributed by atoms with Crippen LogP contribution in [0.4, 0.5) is 15.8 Å². The summed E-state index contributed by atoms with van der Waals surface area (Å²) in [7, 11) is 0. The van der Waals surface area contributed by atoms with Crippen molar-refractivity contribution in [2.24, 2.45) is 0 Å². The quantitative estimate of drug-likeness (QED) is 0.626. The Morgan fingerprint density at radius 3 is 2.94 bits per heavy atom. The van der Waals surface area contributed by atoms with Crippen molar-refractivity contribution < 1.29 is 19.2 Å². The lowest BCUT2D eigenvalue weighted by Gasteiger charge is -2.21. The molecule has 1 saturated heterocycles. The molecule has 0 aromatic heterocycles. The summed E-state index contributed by atoms with van der Waals surface area (Å²) < 4.78 is 18.6. The Bertz CT molecular complexity index is 460. The molecule has 2 rings (SSSR count). The van der Waals surface area contributed by atoms with Gasteiger partial charge >= 0.3 is 0 Å². The number of nitrogens with one attached hydrogen (secondary N) is 1. The highest BCUT2D eigenvalue weighted by Gasteiger charge is 2.32. The second-order valence-corrected chi connectivity index (χ2v) is 4.30. The summed E-state index contributed by atoms with van der Waals surface area (Å²) in [4.78, 5) is 9.78. The van der Waals surface area contributed by atoms with Gasteiger partial charge in [0.05, 0.1) is 23.3 Å². The van der Waals surface area contributed by atoms with Crippen LogP contribution < -0.4 is 5.32 Å². The Kier molecular flexibility index (Phi) is 3.44. The van der Waals surface area contributed by atoms with Crippen molar-refractivity contribution in [1.82, 2.24) is 0 Å². The standard InChI is InChI=1S/C11H13FN2O4/c12-9-5-8(14(16)17)1-2-10(9)13-6-11(15)3-4-18-7-11/h1-2,5,13,15H,3-4,6-7H2. The third-order valence-corrected chi connectivity index (χ3v) is 2.85. The molecule has 1 heterocycles. The summed E-state index contributed by atoms with van der Waals surface area (Å²) in [5.41, 5.74) is -1.18. The number of hydrogen-bond acceptors (Lipinski definition) is 5. The molecule has 0 radical (unpaired) electrons. The van der Waals surface area contributed by atoms with E-state index < -0.39 is 16.3 Å². The van der Waals surface area contributed by atoms with E-state index in [2.05, 4.69) is 5.32 Å². The second kappa shape index (κ2) is 4.87. The predicted octanol–water partition coefficient (Wildman–Crippen LogP) is 1.30. The van der Waals surface area contributed by atoms with Crippen LogP contribution in [0.25, 0.3) is 0 Å². The van der Waals surface area contributed by atoms with Crippen LogP contribution in [0.3, 0.4) is 0 Å². The molecular formula is C11H13FN2O4. The lowest BCUT2D eigenvalue weighted by atomic mass is 10.0. The number of rotatable bonds is 4. The molecule has 0 saturated carbocycles. The van der Waals surface area contributed by atoms with Gasteiger partial charge in [0, 0.05) is 25.6 Å². The zero-order chi connectivity index (χ0) is 13.2. The van der Waals surface area contributed by atoms with Gasteiger partial charge in [-0.15, -0.1) is 0 Å². The molecule has 1 aliphatic rings. The van der Waals surface area contributed by atoms with Gasteiger partial charge in [0.25, 0.3) is 5.69 Å². The molecule has 18 heavy (non-hydrogen) atoms. The molecule has 98 valence electrons. The first-order chi connectivity index (χ1) is 8.50. The van der Waals surface area contributed by atoms with Crippen LogP contribution in [-0.2, 0) is 4.74 Å². The van der Waals surface area contributed by atoms with Gasteiger partial charge in [0.2, 0.25) is 0 Å². The van der Waals surface area contributed by atoms with Gasteiger partial charge < -0.3 is 15.2 Å². The number of anilines is 1. The second-order valence-electron chi connectivity index (χ2n) is 4.30. The minimum atomic E-state index is -1.01. The highest BCUT2D eigenvalue weighted by Crippen LogP contribution is 2.23. The summed E-state index contributed by atoms with van der Waals surface area (Å²) in [6, 6.07) is 3.34. The van der Waals surface area contributed by atoms with E-state index in [0.29, 0.717) is 13.0 Å². The number of hydrogen-bond donors (Lipinski definition) is 2. The highest BCUT2D eigenvalue weighted by atomic mass is 19.1. The Balaban J connectivity index is 2.03. The van der Waals surface area contributed by atoms with Crippen molar-refractivity contribution in [3.05, 3.63) is 34.1 Å². The minimum Gasteiger partial charge on any atom is -0.386 e. The third-order valence-electron chi connectivity index (χ3n) is 2.85. The van der Waals surface area contributed by atoms with Crippen molar-refractivity contribution in [3.8, 4) is 0 Å². The van der Waals surface area contributed by atoms with Gasteiger partial charge in [-0.3, -0.25) is 10.1 Å². The van der Waals surface area contributed by atoms with Gasteiger partial charge in [-0.25, -0.2) is 4.39 Å². The first-order valence-corrected chi connectivity index (χ1v) is 5.48. The van der Waals surface area contributed by atoms with E-state index in [1.807, 2.05) is 0 Å². The van der Waals surface area contributed by atoms with Crippen molar-refractivity contribution in [1.29, 1.82) is 0 Å². The van der Waals surface area contributed by atoms with Gasteiger partial charge in [-0.2, -0.15) is 0 Å². The topological polar surface area (TPSA) is 84.6 Å². The van der Waals surface area contributed by atoms with E-state index >= 15 is 0 Å². The van der Waals surface area contributed by atoms with E-state index in [4.69, 9.17) is 4.74 Å². The Morgan fingerprint density at radius 1 is 1.61 bits per heavy atom. The third kappa shape index (κ3) is 2.74. The molecule has 1 aromatic rings. The summed E-state index contributed by atoms with van der Waals surface area (Å²) in [5, 5.41) is 23.1. The fraction of sp³-hybridized carbons (Fsp3) is 0.455. The summed E-state index contributed by atoms with van der Waals surface area (Å²) >= 11 is 0. The normalized spacial score (nSPS) is 23.0. The molecular weight excluding hydrogens is 243 g/mol. The molecule has 6 nitrogen and oxygen atoms in total. The Morgan fingerprint density at radius 2 is 2.39 bits per heavy atom. The Hall–Kier alpha value is -1.73. The molecule has 1 fully saturated rings. The number of nitrogens with zero attached hydrogens (tertiary/aromatic N) is 1. The van der Waals surface area contributed by atoms with Crippen LogP contribution in [0.5, 0.6) is 0 Å². The van der Waals surface area contributed by atoms with E-state index in [0.717, 1.165) is 6.07 Å². The lowest BCUT2D eigenvalue weighted by Crippen LogP contribution is -2.37. The number of aliphatic hydroxyl groups is 1. The van der Waals surface area contributed by atoms with Crippen LogP contribution in [0.15, 0.2) is 18.2 Å². The number of benzene rings is 1. The number of ether oxygens (including phenoxy) is 1. The van der Waals surface area contributed by atoms with Gasteiger partial charge in [0.1, 0.15) is 5.60 Å². The molecule has 0 amide bonds. The van der Waals surface area contributed by atoms with Crippen LogP contribution >= 0.6 is 0 Å². The van der Waals surface area contributed by atoms with Crippen molar-refractivity contribution in [2.75, 3.05) is 25.1 Å². The maximum Gasteiger partial charge on any atom is 0.272 e. The van der Waals surface area contributed by atoms with Crippen LogP contribution in [-0.4, -0.2) is 35.4 Å². The summed E-state index contributed by atoms with van der Waals surface area (Å²) in [6.07, 6.45) is 0.481. The monoisotopic (exact) mass is 256 g/mol. The largest absolute Gasteiger partial charge is 0.386 e. The van der Waals surface area contributed by atoms with E-state index in [1.165, 1.54) is 12.1 Å². The predicted molar refractivity (Wildman–Crippen MR) is 61.9 cm³/mol. The zero-order valence-corrected chi connectivity index (χ0v) is 9.56. The molecule has 7 heteroatoms. The minimum absolute atomic E-state index is 0.126. The average molecular weight is 256 g/mol. The van der Waals surface area contributed by atoms with Gasteiger partial charge in [-0.1, -0.05) is 0 Å². The average Bonchev–Trinajstić information content (AvgIpc) is 2.75. The molecule has 0 spiro atoms. The van der Waals surface area contributed by atoms with Crippen molar-refractivity contribution in [2.45, 2.75) is 12.0 Å². The van der Waals surface area contributed by atoms with Crippen LogP contribution in [0.1, 0.15) is 6.42 Å². The zero-order valence-electron chi connectivity index (χ0n) is 9.56. The molecule has 0 aliphatic carbocycles. The SMILES string of the molecule is O=[N+]([O-])c1ccc(NCC2(O)CCOC2)c(F)c1. The van der Waals surface area contributed by atoms with Gasteiger partial charge in [-0.05, 0) is 6.07 Å². The number of non-ortho nitro benzene ring substituents is 1. The summed E-state index contributed by atoms with van der Waals surface area (Å²) in [5.74, 6) is -0.716. The van der Waals surface area contributed by atoms with Crippen LogP contribution in [0, 0.1) is 15.9 Å². The molecule has 0 bridgehead atoms. The first kappa shape index (κ1) is 12.7. The molecule has 1 atom stereocenters. The van der Waals surface area contributed by atoms with E-state index in [-0.39, 0.29) is 24.5 Å². The van der Waals surface area contributed by atoms with Crippen LogP contribution in [0.2, 0.25) is 0 Å². The molecule has 2 N–H and O–H groups in total. The summed E-state index contributed by atoms with van der Waals surface area (Å²) in [6.45, 7) is 0.817. The molecule has 1 aromatic carbocycles. The smallest absolute Gasteiger partial charge is 0.272 e. The fourth-order valence-corrected chi connectivity index (χ4v) is 1.76. The Labute approximate surface area is 103 Å². The van der Waals surface area contributed by atoms with E-state index in [1.54, 1.807) is 0 Å². The van der Waals surface area contributed by atoms with E-state index in [9.17, 15) is 19.6 Å². The number of nitro benzene ring substituents is 1. The molecule has 1 aliphatic heterocycles. The maximum atomic E-state index is 13.5. The highest BCUT2D eigenvalue weighted by molar-refractivity contribution is 5.50. The number of halogens is 1. The van der Waals surface area contributed by atoms with Gasteiger partial charge in [0.15, 0.2) is 5.82 Å². The lowest BCUT2D eigenvalue weighted by molar-refractivity contribution is -0.385. The van der Waals surface area contributed by atoms with Crippen molar-refractivity contribution in [3.63, 3.8) is 0 Å². The maximum absolute atomic E-state index is 13.5. The first-order valence-electron chi connectivity index (χ1n) is 5.48. The number of nitro groups is 1. The molecule has 1 unspecified atom stereocenters. The van der Waals surface area contributed by atoms with Crippen molar-refractivity contribution >= 4 is 11.4 Å². The fourth-order valence-electron chi connectivity index (χ4n) is 1.76.